The highest BCUT2D eigenvalue weighted by molar-refractivity contribution is 8.18. The van der Waals surface area contributed by atoms with E-state index in [0.717, 1.165) is 23.0 Å². The summed E-state index contributed by atoms with van der Waals surface area (Å²) < 4.78 is 0. The predicted octanol–water partition coefficient (Wildman–Crippen LogP) is 3.25. The second-order valence-electron chi connectivity index (χ2n) is 6.05. The lowest BCUT2D eigenvalue weighted by Gasteiger charge is -2.11. The van der Waals surface area contributed by atoms with Gasteiger partial charge in [0, 0.05) is 31.9 Å². The van der Waals surface area contributed by atoms with Gasteiger partial charge in [0.1, 0.15) is 0 Å². The van der Waals surface area contributed by atoms with Crippen molar-refractivity contribution in [2.45, 2.75) is 0 Å². The van der Waals surface area contributed by atoms with Gasteiger partial charge in [-0.05, 0) is 53.2 Å². The molecule has 1 N–H and O–H groups in total. The highest BCUT2D eigenvalue weighted by Crippen LogP contribution is 2.26. The fourth-order valence-corrected chi connectivity index (χ4v) is 3.10. The second-order valence-corrected chi connectivity index (χ2v) is 7.08. The van der Waals surface area contributed by atoms with Crippen LogP contribution in [-0.4, -0.2) is 36.3 Å². The van der Waals surface area contributed by atoms with Gasteiger partial charge >= 0.3 is 0 Å². The summed E-state index contributed by atoms with van der Waals surface area (Å²) >= 11 is 1.16. The molecular weight excluding hydrogens is 378 g/mol. The Morgan fingerprint density at radius 3 is 2.32 bits per heavy atom. The minimum Gasteiger partial charge on any atom is -0.378 e. The number of amides is 1. The van der Waals surface area contributed by atoms with Gasteiger partial charge in [-0.3, -0.25) is 20.2 Å². The Hall–Kier alpha value is -3.46. The predicted molar refractivity (Wildman–Crippen MR) is 113 cm³/mol. The molecule has 0 atom stereocenters. The van der Waals surface area contributed by atoms with Crippen molar-refractivity contribution in [3.63, 3.8) is 0 Å². The summed E-state index contributed by atoms with van der Waals surface area (Å²) in [6, 6.07) is 13.8. The van der Waals surface area contributed by atoms with E-state index in [4.69, 9.17) is 0 Å². The maximum atomic E-state index is 12.1. The normalized spacial score (nSPS) is 16.7. The Balaban J connectivity index is 1.66. The molecule has 0 bridgehead atoms. The van der Waals surface area contributed by atoms with Crippen LogP contribution in [0.5, 0.6) is 0 Å². The lowest BCUT2D eigenvalue weighted by atomic mass is 10.2. The molecule has 9 heteroatoms. The number of anilines is 1. The maximum Gasteiger partial charge on any atom is 0.269 e. The number of amidine groups is 1. The summed E-state index contributed by atoms with van der Waals surface area (Å²) in [5, 5.41) is 21.8. The molecular formula is C19H17N5O3S. The molecule has 0 unspecified atom stereocenters. The summed E-state index contributed by atoms with van der Waals surface area (Å²) in [5.74, 6) is -0.285. The van der Waals surface area contributed by atoms with Crippen molar-refractivity contribution in [2.24, 2.45) is 10.2 Å². The third-order valence-corrected chi connectivity index (χ3v) is 4.72. The average Bonchev–Trinajstić information content (AvgIpc) is 3.02. The molecule has 8 nitrogen and oxygen atoms in total. The van der Waals surface area contributed by atoms with Gasteiger partial charge in [0.05, 0.1) is 16.0 Å². The summed E-state index contributed by atoms with van der Waals surface area (Å²) in [4.78, 5) is 24.7. The molecule has 2 aromatic carbocycles. The van der Waals surface area contributed by atoms with Crippen LogP contribution in [0, 0.1) is 10.1 Å². The molecule has 0 aromatic heterocycles. The minimum absolute atomic E-state index is 0.000814. The first-order valence-corrected chi connectivity index (χ1v) is 9.08. The van der Waals surface area contributed by atoms with Gasteiger partial charge < -0.3 is 4.90 Å². The van der Waals surface area contributed by atoms with Crippen LogP contribution in [0.25, 0.3) is 6.08 Å². The number of hydrogen-bond acceptors (Lipinski definition) is 7. The minimum atomic E-state index is -0.467. The van der Waals surface area contributed by atoms with E-state index in [2.05, 4.69) is 15.5 Å². The van der Waals surface area contributed by atoms with Crippen LogP contribution >= 0.6 is 11.8 Å². The summed E-state index contributed by atoms with van der Waals surface area (Å²) in [6.45, 7) is 0. The van der Waals surface area contributed by atoms with Crippen LogP contribution in [0.2, 0.25) is 0 Å². The van der Waals surface area contributed by atoms with Gasteiger partial charge in [0.2, 0.25) is 0 Å². The fraction of sp³-hybridized carbons (Fsp3) is 0.105. The van der Waals surface area contributed by atoms with Crippen molar-refractivity contribution in [1.82, 2.24) is 5.32 Å². The van der Waals surface area contributed by atoms with Crippen LogP contribution in [0.15, 0.2) is 63.6 Å². The molecule has 1 amide bonds. The van der Waals surface area contributed by atoms with E-state index >= 15 is 0 Å². The summed E-state index contributed by atoms with van der Waals surface area (Å²) in [7, 11) is 3.94. The van der Waals surface area contributed by atoms with Gasteiger partial charge in [0.15, 0.2) is 5.17 Å². The van der Waals surface area contributed by atoms with Gasteiger partial charge in [-0.1, -0.05) is 12.1 Å². The van der Waals surface area contributed by atoms with Gasteiger partial charge in [-0.15, -0.1) is 5.10 Å². The Kier molecular flexibility index (Phi) is 5.85. The number of hydrogen-bond donors (Lipinski definition) is 1. The van der Waals surface area contributed by atoms with Crippen molar-refractivity contribution in [2.75, 3.05) is 19.0 Å². The van der Waals surface area contributed by atoms with Crippen molar-refractivity contribution < 1.29 is 9.72 Å². The number of non-ortho nitro benzene ring substituents is 1. The number of thioether (sulfide) groups is 1. The zero-order chi connectivity index (χ0) is 20.1. The van der Waals surface area contributed by atoms with E-state index in [0.29, 0.717) is 15.6 Å². The highest BCUT2D eigenvalue weighted by Gasteiger charge is 2.23. The van der Waals surface area contributed by atoms with E-state index in [1.807, 2.05) is 43.3 Å². The van der Waals surface area contributed by atoms with E-state index < -0.39 is 4.92 Å². The molecule has 142 valence electrons. The molecule has 1 saturated heterocycles. The molecule has 1 fully saturated rings. The quantitative estimate of drug-likeness (QED) is 0.362. The van der Waals surface area contributed by atoms with Crippen molar-refractivity contribution in [1.29, 1.82) is 0 Å². The number of nitrogens with one attached hydrogen (secondary N) is 1. The number of benzene rings is 2. The van der Waals surface area contributed by atoms with Crippen molar-refractivity contribution >= 4 is 46.5 Å². The lowest BCUT2D eigenvalue weighted by Crippen LogP contribution is -2.19. The number of nitrogens with zero attached hydrogens (tertiary/aromatic N) is 4. The number of nitro benzene ring substituents is 1. The van der Waals surface area contributed by atoms with Crippen LogP contribution < -0.4 is 10.2 Å². The highest BCUT2D eigenvalue weighted by atomic mass is 32.2. The van der Waals surface area contributed by atoms with Crippen molar-refractivity contribution in [3.8, 4) is 0 Å². The third-order valence-electron chi connectivity index (χ3n) is 3.82. The van der Waals surface area contributed by atoms with E-state index in [1.165, 1.54) is 12.1 Å². The van der Waals surface area contributed by atoms with Crippen molar-refractivity contribution in [3.05, 3.63) is 74.7 Å². The van der Waals surface area contributed by atoms with Crippen LogP contribution in [-0.2, 0) is 4.79 Å². The van der Waals surface area contributed by atoms with Gasteiger partial charge in [0.25, 0.3) is 11.6 Å². The topological polar surface area (TPSA) is 100 Å². The fourth-order valence-electron chi connectivity index (χ4n) is 2.33. The van der Waals surface area contributed by atoms with Gasteiger partial charge in [-0.2, -0.15) is 5.10 Å². The second kappa shape index (κ2) is 8.49. The zero-order valence-electron chi connectivity index (χ0n) is 15.2. The SMILES string of the molecule is CN(C)c1ccc(C=NN=C2NC(=O)/C(=C\c3ccc([N+](=O)[O-])cc3)S2)cc1. The molecule has 0 radical (unpaired) electrons. The Morgan fingerprint density at radius 1 is 1.07 bits per heavy atom. The van der Waals surface area contributed by atoms with E-state index in [1.54, 1.807) is 24.4 Å². The molecule has 1 heterocycles. The molecule has 0 spiro atoms. The molecule has 28 heavy (non-hydrogen) atoms. The molecule has 1 aliphatic rings. The summed E-state index contributed by atoms with van der Waals surface area (Å²) in [6.07, 6.45) is 3.26. The number of carbonyl (C=O) groups excluding carboxylic acids is 1. The van der Waals surface area contributed by atoms with Crippen LogP contribution in [0.3, 0.4) is 0 Å². The Labute approximate surface area is 165 Å². The smallest absolute Gasteiger partial charge is 0.269 e. The average molecular weight is 395 g/mol. The third kappa shape index (κ3) is 4.83. The van der Waals surface area contributed by atoms with Crippen LogP contribution in [0.1, 0.15) is 11.1 Å². The monoisotopic (exact) mass is 395 g/mol. The Bertz CT molecular complexity index is 980. The maximum absolute atomic E-state index is 12.1. The number of rotatable bonds is 5. The first-order chi connectivity index (χ1) is 13.4. The zero-order valence-corrected chi connectivity index (χ0v) is 16.0. The largest absolute Gasteiger partial charge is 0.378 e. The molecule has 0 aliphatic carbocycles. The Morgan fingerprint density at radius 2 is 1.71 bits per heavy atom. The first-order valence-electron chi connectivity index (χ1n) is 8.26. The molecule has 3 rings (SSSR count). The van der Waals surface area contributed by atoms with Gasteiger partial charge in [-0.25, -0.2) is 0 Å². The standard InChI is InChI=1S/C19H17N5O3S/c1-23(2)15-7-5-14(6-8-15)12-20-22-19-21-18(25)17(28-19)11-13-3-9-16(10-4-13)24(26)27/h3-12H,1-2H3,(H,21,22,25)/b17-11+,20-12?. The summed E-state index contributed by atoms with van der Waals surface area (Å²) in [5.41, 5.74) is 2.67. The first kappa shape index (κ1) is 19.3. The van der Waals surface area contributed by atoms with E-state index in [-0.39, 0.29) is 11.6 Å². The number of nitro groups is 1. The van der Waals surface area contributed by atoms with Crippen LogP contribution in [0.4, 0.5) is 11.4 Å². The van der Waals surface area contributed by atoms with E-state index in [9.17, 15) is 14.9 Å². The number of carbonyl (C=O) groups is 1. The molecule has 1 aliphatic heterocycles. The lowest BCUT2D eigenvalue weighted by molar-refractivity contribution is -0.384. The molecule has 2 aromatic rings. The molecule has 0 saturated carbocycles.